The summed E-state index contributed by atoms with van der Waals surface area (Å²) in [5.41, 5.74) is 7.29. The molecule has 1 aromatic rings. The second kappa shape index (κ2) is 5.27. The molecule has 0 bridgehead atoms. The molecule has 0 aromatic heterocycles. The first-order chi connectivity index (χ1) is 7.88. The number of azide groups is 1. The van der Waals surface area contributed by atoms with E-state index in [4.69, 9.17) is 22.2 Å². The Hall–Kier alpha value is -1.43. The minimum atomic E-state index is -4.55. The smallest absolute Gasteiger partial charge is 0.396 e. The van der Waals surface area contributed by atoms with Gasteiger partial charge in [0.2, 0.25) is 0 Å². The normalized spacial score (nSPS) is 13.0. The first-order valence-electron chi connectivity index (χ1n) is 4.41. The molecular weight excluding hydrogens is 259 g/mol. The van der Waals surface area contributed by atoms with E-state index in [0.717, 1.165) is 12.1 Å². The average molecular weight is 266 g/mol. The highest BCUT2D eigenvalue weighted by atomic mass is 35.5. The zero-order valence-electron chi connectivity index (χ0n) is 8.32. The molecule has 0 amide bonds. The predicted molar refractivity (Wildman–Crippen MR) is 55.4 cm³/mol. The molecule has 1 aromatic carbocycles. The van der Waals surface area contributed by atoms with E-state index in [1.54, 1.807) is 0 Å². The van der Waals surface area contributed by atoms with Gasteiger partial charge in [0.15, 0.2) is 0 Å². The highest BCUT2D eigenvalue weighted by Crippen LogP contribution is 2.33. The van der Waals surface area contributed by atoms with Gasteiger partial charge in [-0.1, -0.05) is 16.7 Å². The van der Waals surface area contributed by atoms with Gasteiger partial charge in [-0.3, -0.25) is 0 Å². The van der Waals surface area contributed by atoms with Gasteiger partial charge in [0.25, 0.3) is 0 Å². The molecule has 0 spiro atoms. The largest absolute Gasteiger partial charge is 0.416 e. The van der Waals surface area contributed by atoms with E-state index in [9.17, 15) is 13.2 Å². The van der Waals surface area contributed by atoms with Gasteiger partial charge in [0, 0.05) is 9.93 Å². The Morgan fingerprint density at radius 1 is 1.41 bits per heavy atom. The summed E-state index contributed by atoms with van der Waals surface area (Å²) in [6, 6.07) is 1.68. The van der Waals surface area contributed by atoms with Gasteiger partial charge in [-0.25, -0.2) is 0 Å². The Morgan fingerprint density at radius 3 is 2.53 bits per heavy atom. The number of rotatable bonds is 3. The Labute approximate surface area is 99.3 Å². The number of nitrogens with zero attached hydrogens (tertiary/aromatic N) is 3. The van der Waals surface area contributed by atoms with Crippen molar-refractivity contribution in [3.05, 3.63) is 44.8 Å². The molecule has 0 fully saturated rings. The molecule has 92 valence electrons. The van der Waals surface area contributed by atoms with E-state index in [1.807, 2.05) is 0 Å². The van der Waals surface area contributed by atoms with E-state index in [0.29, 0.717) is 0 Å². The lowest BCUT2D eigenvalue weighted by Gasteiger charge is -2.13. The van der Waals surface area contributed by atoms with E-state index in [1.165, 1.54) is 6.07 Å². The van der Waals surface area contributed by atoms with Gasteiger partial charge < -0.3 is 5.11 Å². The summed E-state index contributed by atoms with van der Waals surface area (Å²) in [4.78, 5) is 2.45. The Morgan fingerprint density at radius 2 is 2.06 bits per heavy atom. The van der Waals surface area contributed by atoms with Crippen molar-refractivity contribution in [3.63, 3.8) is 0 Å². The summed E-state index contributed by atoms with van der Waals surface area (Å²) >= 11 is 5.54. The van der Waals surface area contributed by atoms with Crippen molar-refractivity contribution in [2.45, 2.75) is 12.2 Å². The molecule has 0 aliphatic carbocycles. The fraction of sp³-hybridized carbons (Fsp3) is 0.333. The number of hydrogen-bond donors (Lipinski definition) is 1. The van der Waals surface area contributed by atoms with E-state index < -0.39 is 24.4 Å². The fourth-order valence-electron chi connectivity index (χ4n) is 1.24. The SMILES string of the molecule is [N-]=[N+]=NC(CO)c1cc(Cl)cc(C(F)(F)F)c1. The van der Waals surface area contributed by atoms with Crippen LogP contribution in [0.3, 0.4) is 0 Å². The lowest BCUT2D eigenvalue weighted by Crippen LogP contribution is -2.08. The highest BCUT2D eigenvalue weighted by molar-refractivity contribution is 6.30. The molecule has 0 saturated carbocycles. The van der Waals surface area contributed by atoms with E-state index >= 15 is 0 Å². The topological polar surface area (TPSA) is 69.0 Å². The number of aliphatic hydroxyl groups is 1. The highest BCUT2D eigenvalue weighted by Gasteiger charge is 2.31. The molecule has 4 nitrogen and oxygen atoms in total. The minimum Gasteiger partial charge on any atom is -0.396 e. The van der Waals surface area contributed by atoms with Crippen molar-refractivity contribution in [2.75, 3.05) is 6.61 Å². The molecule has 17 heavy (non-hydrogen) atoms. The maximum atomic E-state index is 12.5. The molecule has 1 atom stereocenters. The van der Waals surface area contributed by atoms with Crippen molar-refractivity contribution >= 4 is 11.6 Å². The summed E-state index contributed by atoms with van der Waals surface area (Å²) in [5, 5.41) is 12.0. The van der Waals surface area contributed by atoms with Crippen LogP contribution in [0.5, 0.6) is 0 Å². The summed E-state index contributed by atoms with van der Waals surface area (Å²) in [6.45, 7) is -0.596. The standard InChI is InChI=1S/C9H7ClF3N3O/c10-7-2-5(8(4-17)15-16-14)1-6(3-7)9(11,12)13/h1-3,8,17H,4H2. The molecule has 1 unspecified atom stereocenters. The first-order valence-corrected chi connectivity index (χ1v) is 4.79. The molecule has 0 aliphatic heterocycles. The monoisotopic (exact) mass is 265 g/mol. The number of halogens is 4. The van der Waals surface area contributed by atoms with Crippen LogP contribution in [0, 0.1) is 0 Å². The lowest BCUT2D eigenvalue weighted by atomic mass is 10.0. The Balaban J connectivity index is 3.26. The number of benzene rings is 1. The number of alkyl halides is 3. The predicted octanol–water partition coefficient (Wildman–Crippen LogP) is 3.70. The van der Waals surface area contributed by atoms with E-state index in [-0.39, 0.29) is 10.6 Å². The molecule has 0 saturated heterocycles. The zero-order valence-corrected chi connectivity index (χ0v) is 9.07. The third-order valence-corrected chi connectivity index (χ3v) is 2.21. The molecule has 1 N–H and O–H groups in total. The van der Waals surface area contributed by atoms with Crippen LogP contribution >= 0.6 is 11.6 Å². The van der Waals surface area contributed by atoms with Crippen LogP contribution in [0.1, 0.15) is 17.2 Å². The summed E-state index contributed by atoms with van der Waals surface area (Å²) in [5.74, 6) is 0. The van der Waals surface area contributed by atoms with Crippen LogP contribution in [0.4, 0.5) is 13.2 Å². The van der Waals surface area contributed by atoms with Crippen LogP contribution in [-0.4, -0.2) is 11.7 Å². The van der Waals surface area contributed by atoms with Crippen LogP contribution in [0.25, 0.3) is 10.4 Å². The third kappa shape index (κ3) is 3.52. The van der Waals surface area contributed by atoms with Crippen molar-refractivity contribution in [3.8, 4) is 0 Å². The minimum absolute atomic E-state index is 0.0186. The third-order valence-electron chi connectivity index (χ3n) is 2.00. The van der Waals surface area contributed by atoms with Crippen molar-refractivity contribution in [1.29, 1.82) is 0 Å². The van der Waals surface area contributed by atoms with Gasteiger partial charge in [0.1, 0.15) is 0 Å². The second-order valence-electron chi connectivity index (χ2n) is 3.17. The fourth-order valence-corrected chi connectivity index (χ4v) is 1.48. The average Bonchev–Trinajstić information content (AvgIpc) is 2.23. The molecule has 0 aliphatic rings. The van der Waals surface area contributed by atoms with Crippen LogP contribution in [-0.2, 0) is 6.18 Å². The molecule has 0 radical (unpaired) electrons. The maximum absolute atomic E-state index is 12.5. The molecule has 1 rings (SSSR count). The quantitative estimate of drug-likeness (QED) is 0.505. The maximum Gasteiger partial charge on any atom is 0.416 e. The first kappa shape index (κ1) is 13.6. The van der Waals surface area contributed by atoms with Crippen molar-refractivity contribution < 1.29 is 18.3 Å². The van der Waals surface area contributed by atoms with Gasteiger partial charge in [-0.15, -0.1) is 0 Å². The van der Waals surface area contributed by atoms with Crippen LogP contribution in [0.2, 0.25) is 5.02 Å². The summed E-state index contributed by atoms with van der Waals surface area (Å²) in [6.07, 6.45) is -4.55. The van der Waals surface area contributed by atoms with Gasteiger partial charge in [0.05, 0.1) is 18.2 Å². The zero-order chi connectivity index (χ0) is 13.1. The molecular formula is C9H7ClF3N3O. The van der Waals surface area contributed by atoms with Crippen LogP contribution in [0.15, 0.2) is 23.3 Å². The summed E-state index contributed by atoms with van der Waals surface area (Å²) < 4.78 is 37.4. The Kier molecular flexibility index (Phi) is 4.22. The number of aliphatic hydroxyl groups excluding tert-OH is 1. The van der Waals surface area contributed by atoms with Crippen molar-refractivity contribution in [2.24, 2.45) is 5.11 Å². The second-order valence-corrected chi connectivity index (χ2v) is 3.61. The Bertz CT molecular complexity index is 457. The van der Waals surface area contributed by atoms with Gasteiger partial charge in [-0.2, -0.15) is 13.2 Å². The lowest BCUT2D eigenvalue weighted by molar-refractivity contribution is -0.137. The van der Waals surface area contributed by atoms with Crippen LogP contribution < -0.4 is 0 Å². The van der Waals surface area contributed by atoms with Gasteiger partial charge >= 0.3 is 6.18 Å². The summed E-state index contributed by atoms with van der Waals surface area (Å²) in [7, 11) is 0. The van der Waals surface area contributed by atoms with Gasteiger partial charge in [-0.05, 0) is 29.3 Å². The van der Waals surface area contributed by atoms with Crippen molar-refractivity contribution in [1.82, 2.24) is 0 Å². The molecule has 0 heterocycles. The molecule has 8 heteroatoms. The number of hydrogen-bond acceptors (Lipinski definition) is 2. The van der Waals surface area contributed by atoms with E-state index in [2.05, 4.69) is 10.0 Å².